The molecule has 0 unspecified atom stereocenters. The summed E-state index contributed by atoms with van der Waals surface area (Å²) in [6.45, 7) is 1.00. The van der Waals surface area contributed by atoms with Gasteiger partial charge in [0.2, 0.25) is 0 Å². The van der Waals surface area contributed by atoms with Crippen molar-refractivity contribution >= 4 is 22.7 Å². The fraction of sp³-hybridized carbons (Fsp3) is 0.111. The zero-order chi connectivity index (χ0) is 14.9. The highest BCUT2D eigenvalue weighted by molar-refractivity contribution is 5.81. The lowest BCUT2D eigenvalue weighted by molar-refractivity contribution is 0.233. The summed E-state index contributed by atoms with van der Waals surface area (Å²) in [6, 6.07) is 17.3. The minimum absolute atomic E-state index is 0.0112. The highest BCUT2D eigenvalue weighted by Crippen LogP contribution is 2.22. The Hall–Kier alpha value is -2.88. The van der Waals surface area contributed by atoms with Gasteiger partial charge in [-0.1, -0.05) is 42.5 Å². The zero-order valence-electron chi connectivity index (χ0n) is 11.9. The fourth-order valence-electron chi connectivity index (χ4n) is 2.68. The predicted octanol–water partition coefficient (Wildman–Crippen LogP) is 2.92. The van der Waals surface area contributed by atoms with Crippen LogP contribution >= 0.6 is 0 Å². The molecule has 0 bridgehead atoms. The Labute approximate surface area is 127 Å². The molecule has 0 amide bonds. The van der Waals surface area contributed by atoms with Gasteiger partial charge in [-0.2, -0.15) is 0 Å². The molecule has 0 saturated carbocycles. The molecule has 2 heterocycles. The number of fused-ring (bicyclic) bond motifs is 2. The number of para-hydroxylation sites is 1. The van der Waals surface area contributed by atoms with E-state index in [1.807, 2.05) is 60.7 Å². The molecule has 108 valence electrons. The van der Waals surface area contributed by atoms with Gasteiger partial charge in [0.25, 0.3) is 5.56 Å². The van der Waals surface area contributed by atoms with Crippen molar-refractivity contribution in [2.45, 2.75) is 6.54 Å². The molecular weight excluding hydrogens is 276 g/mol. The van der Waals surface area contributed by atoms with E-state index in [-0.39, 0.29) is 5.56 Å². The predicted molar refractivity (Wildman–Crippen MR) is 86.3 cm³/mol. The molecule has 4 rings (SSSR count). The van der Waals surface area contributed by atoms with Gasteiger partial charge in [-0.05, 0) is 23.8 Å². The van der Waals surface area contributed by atoms with Crippen molar-refractivity contribution < 1.29 is 4.74 Å². The summed E-state index contributed by atoms with van der Waals surface area (Å²) in [6.07, 6.45) is 1.92. The first-order chi connectivity index (χ1) is 10.8. The number of benzene rings is 2. The first kappa shape index (κ1) is 12.8. The summed E-state index contributed by atoms with van der Waals surface area (Å²) in [4.78, 5) is 17.2. The summed E-state index contributed by atoms with van der Waals surface area (Å²) < 4.78 is 7.45. The van der Waals surface area contributed by atoms with E-state index < -0.39 is 0 Å². The Bertz CT molecular complexity index is 927. The van der Waals surface area contributed by atoms with Crippen molar-refractivity contribution in [2.24, 2.45) is 0 Å². The van der Waals surface area contributed by atoms with Crippen LogP contribution in [0.5, 0.6) is 0 Å². The quantitative estimate of drug-likeness (QED) is 0.692. The first-order valence-corrected chi connectivity index (χ1v) is 7.22. The lowest BCUT2D eigenvalue weighted by atomic mass is 10.2. The summed E-state index contributed by atoms with van der Waals surface area (Å²) >= 11 is 0. The van der Waals surface area contributed by atoms with Crippen molar-refractivity contribution in [3.05, 3.63) is 76.3 Å². The average Bonchev–Trinajstić information content (AvgIpc) is 2.57. The number of nitrogens with zero attached hydrogens (tertiary/aromatic N) is 2. The molecule has 1 aliphatic heterocycles. The van der Waals surface area contributed by atoms with E-state index >= 15 is 0 Å². The van der Waals surface area contributed by atoms with E-state index in [0.717, 1.165) is 5.56 Å². The van der Waals surface area contributed by atoms with Gasteiger partial charge in [-0.25, -0.2) is 4.98 Å². The molecule has 0 fully saturated rings. The van der Waals surface area contributed by atoms with Crippen LogP contribution in [0.1, 0.15) is 11.4 Å². The second-order valence-corrected chi connectivity index (χ2v) is 5.18. The molecule has 0 radical (unpaired) electrons. The molecule has 3 aromatic rings. The number of hydrogen-bond donors (Lipinski definition) is 0. The maximum Gasteiger partial charge on any atom is 0.261 e. The molecule has 0 saturated heterocycles. The van der Waals surface area contributed by atoms with E-state index in [0.29, 0.717) is 35.6 Å². The van der Waals surface area contributed by atoms with Crippen LogP contribution in [0.4, 0.5) is 0 Å². The summed E-state index contributed by atoms with van der Waals surface area (Å²) in [7, 11) is 0. The van der Waals surface area contributed by atoms with Crippen LogP contribution in [0.2, 0.25) is 0 Å². The molecule has 1 aliphatic rings. The third-order valence-electron chi connectivity index (χ3n) is 3.75. The summed E-state index contributed by atoms with van der Waals surface area (Å²) in [5, 5.41) is 0.646. The van der Waals surface area contributed by atoms with Crippen molar-refractivity contribution in [3.63, 3.8) is 0 Å². The number of rotatable bonds is 1. The molecule has 4 heteroatoms. The van der Waals surface area contributed by atoms with Crippen LogP contribution in [0, 0.1) is 0 Å². The van der Waals surface area contributed by atoms with Crippen LogP contribution < -0.4 is 5.56 Å². The molecule has 1 aromatic heterocycles. The maximum atomic E-state index is 12.6. The largest absolute Gasteiger partial charge is 0.488 e. The normalized spacial score (nSPS) is 15.5. The van der Waals surface area contributed by atoms with E-state index in [2.05, 4.69) is 4.98 Å². The monoisotopic (exact) mass is 290 g/mol. The second kappa shape index (κ2) is 5.15. The maximum absolute atomic E-state index is 12.6. The molecule has 22 heavy (non-hydrogen) atoms. The third kappa shape index (κ3) is 2.09. The summed E-state index contributed by atoms with van der Waals surface area (Å²) in [5.41, 5.74) is 1.71. The third-order valence-corrected chi connectivity index (χ3v) is 3.75. The molecule has 0 N–H and O–H groups in total. The molecule has 0 spiro atoms. The summed E-state index contributed by atoms with van der Waals surface area (Å²) in [5.74, 6) is 1.24. The minimum atomic E-state index is -0.0112. The molecule has 0 atom stereocenters. The van der Waals surface area contributed by atoms with Crippen LogP contribution in [-0.2, 0) is 11.3 Å². The highest BCUT2D eigenvalue weighted by Gasteiger charge is 2.19. The lowest BCUT2D eigenvalue weighted by Gasteiger charge is -2.21. The standard InChI is InChI=1S/C18H14N2O2/c21-18-14-8-4-5-9-15(14)19-17-16(22-11-10-20(17)18)12-13-6-2-1-3-7-13/h1-9,12H,10-11H2/b16-12-. The molecule has 2 aromatic carbocycles. The Morgan fingerprint density at radius 3 is 2.68 bits per heavy atom. The first-order valence-electron chi connectivity index (χ1n) is 7.22. The van der Waals surface area contributed by atoms with Crippen LogP contribution in [0.15, 0.2) is 59.4 Å². The van der Waals surface area contributed by atoms with Crippen molar-refractivity contribution in [3.8, 4) is 0 Å². The van der Waals surface area contributed by atoms with Crippen LogP contribution in [-0.4, -0.2) is 16.2 Å². The van der Waals surface area contributed by atoms with Gasteiger partial charge in [0, 0.05) is 0 Å². The van der Waals surface area contributed by atoms with Gasteiger partial charge >= 0.3 is 0 Å². The number of hydrogen-bond acceptors (Lipinski definition) is 3. The van der Waals surface area contributed by atoms with Crippen LogP contribution in [0.25, 0.3) is 22.7 Å². The van der Waals surface area contributed by atoms with E-state index in [1.165, 1.54) is 0 Å². The minimum Gasteiger partial charge on any atom is -0.488 e. The highest BCUT2D eigenvalue weighted by atomic mass is 16.5. The van der Waals surface area contributed by atoms with Gasteiger partial charge in [0.1, 0.15) is 6.61 Å². The Kier molecular flexibility index (Phi) is 3.00. The Morgan fingerprint density at radius 2 is 1.82 bits per heavy atom. The Balaban J connectivity index is 1.95. The zero-order valence-corrected chi connectivity index (χ0v) is 11.9. The lowest BCUT2D eigenvalue weighted by Crippen LogP contribution is -2.30. The smallest absolute Gasteiger partial charge is 0.261 e. The van der Waals surface area contributed by atoms with Gasteiger partial charge in [-0.3, -0.25) is 9.36 Å². The topological polar surface area (TPSA) is 44.1 Å². The SMILES string of the molecule is O=c1c2ccccc2nc2n1CCO/C2=C\c1ccccc1. The van der Waals surface area contributed by atoms with Gasteiger partial charge in [-0.15, -0.1) is 0 Å². The van der Waals surface area contributed by atoms with Crippen molar-refractivity contribution in [1.82, 2.24) is 9.55 Å². The van der Waals surface area contributed by atoms with Gasteiger partial charge in [0.05, 0.1) is 17.4 Å². The van der Waals surface area contributed by atoms with E-state index in [4.69, 9.17) is 4.74 Å². The van der Waals surface area contributed by atoms with Gasteiger partial charge in [0.15, 0.2) is 11.6 Å². The fourth-order valence-corrected chi connectivity index (χ4v) is 2.68. The van der Waals surface area contributed by atoms with Gasteiger partial charge < -0.3 is 4.74 Å². The van der Waals surface area contributed by atoms with Crippen molar-refractivity contribution in [2.75, 3.05) is 6.61 Å². The van der Waals surface area contributed by atoms with Crippen LogP contribution in [0.3, 0.4) is 0 Å². The molecule has 4 nitrogen and oxygen atoms in total. The number of aromatic nitrogens is 2. The van der Waals surface area contributed by atoms with Crippen molar-refractivity contribution in [1.29, 1.82) is 0 Å². The van der Waals surface area contributed by atoms with E-state index in [9.17, 15) is 4.79 Å². The number of ether oxygens (including phenoxy) is 1. The van der Waals surface area contributed by atoms with E-state index in [1.54, 1.807) is 4.57 Å². The molecular formula is C18H14N2O2. The average molecular weight is 290 g/mol. The molecule has 0 aliphatic carbocycles. The second-order valence-electron chi connectivity index (χ2n) is 5.18. The Morgan fingerprint density at radius 1 is 1.05 bits per heavy atom.